The molecule has 0 heterocycles. The largest absolute Gasteiger partial charge is 1.00 e. The second-order valence-electron chi connectivity index (χ2n) is 9.75. The van der Waals surface area contributed by atoms with Gasteiger partial charge in [-0.1, -0.05) is 103 Å². The van der Waals surface area contributed by atoms with Crippen molar-refractivity contribution >= 4 is 5.91 Å². The molecule has 1 unspecified atom stereocenters. The van der Waals surface area contributed by atoms with Gasteiger partial charge in [0.2, 0.25) is 5.91 Å². The first-order valence-electron chi connectivity index (χ1n) is 12.8. The molecular formula is C26H53ClN2O2. The molecule has 2 N–H and O–H groups in total. The van der Waals surface area contributed by atoms with E-state index in [9.17, 15) is 9.90 Å². The number of carbonyl (C=O) groups excluding carboxylic acids is 1. The highest BCUT2D eigenvalue weighted by Gasteiger charge is 2.20. The molecule has 0 fully saturated rings. The number of rotatable bonds is 22. The summed E-state index contributed by atoms with van der Waals surface area (Å²) in [5.41, 5.74) is 0. The van der Waals surface area contributed by atoms with Gasteiger partial charge in [0.05, 0.1) is 20.6 Å². The number of hydrogen-bond acceptors (Lipinski definition) is 2. The Morgan fingerprint density at radius 2 is 1.23 bits per heavy atom. The van der Waals surface area contributed by atoms with Crippen molar-refractivity contribution < 1.29 is 26.8 Å². The van der Waals surface area contributed by atoms with Crippen LogP contribution in [0.4, 0.5) is 0 Å². The smallest absolute Gasteiger partial charge is 0.243 e. The second kappa shape index (κ2) is 22.6. The molecule has 186 valence electrons. The van der Waals surface area contributed by atoms with Crippen molar-refractivity contribution in [3.8, 4) is 0 Å². The van der Waals surface area contributed by atoms with Crippen LogP contribution >= 0.6 is 0 Å². The van der Waals surface area contributed by atoms with E-state index in [1.54, 1.807) is 0 Å². The molecule has 0 aromatic rings. The molecule has 4 nitrogen and oxygen atoms in total. The van der Waals surface area contributed by atoms with Crippen LogP contribution < -0.4 is 17.7 Å². The predicted octanol–water partition coefficient (Wildman–Crippen LogP) is 2.99. The van der Waals surface area contributed by atoms with E-state index in [4.69, 9.17) is 0 Å². The summed E-state index contributed by atoms with van der Waals surface area (Å²) >= 11 is 0. The Hall–Kier alpha value is -0.580. The van der Waals surface area contributed by atoms with Crippen LogP contribution in [-0.4, -0.2) is 55.3 Å². The fraction of sp³-hybridized carbons (Fsp3) is 0.885. The van der Waals surface area contributed by atoms with Crippen molar-refractivity contribution in [2.45, 2.75) is 116 Å². The van der Waals surface area contributed by atoms with Crippen molar-refractivity contribution in [3.05, 3.63) is 12.7 Å². The zero-order valence-electron chi connectivity index (χ0n) is 21.0. The van der Waals surface area contributed by atoms with E-state index in [0.29, 0.717) is 13.1 Å². The molecule has 0 aromatic carbocycles. The van der Waals surface area contributed by atoms with Crippen molar-refractivity contribution in [1.29, 1.82) is 0 Å². The van der Waals surface area contributed by atoms with Gasteiger partial charge in [-0.15, -0.1) is 0 Å². The lowest BCUT2D eigenvalue weighted by atomic mass is 10.0. The van der Waals surface area contributed by atoms with Crippen LogP contribution in [0.1, 0.15) is 110 Å². The van der Waals surface area contributed by atoms with Gasteiger partial charge in [0.25, 0.3) is 0 Å². The molecule has 0 aromatic heterocycles. The van der Waals surface area contributed by atoms with Crippen LogP contribution in [0, 0.1) is 0 Å². The molecule has 0 rings (SSSR count). The monoisotopic (exact) mass is 460 g/mol. The molecule has 0 aliphatic carbocycles. The summed E-state index contributed by atoms with van der Waals surface area (Å²) in [6.07, 6.45) is 22.9. The minimum atomic E-state index is -0.509. The highest BCUT2D eigenvalue weighted by Crippen LogP contribution is 2.14. The number of aliphatic hydroxyl groups excluding tert-OH is 1. The van der Waals surface area contributed by atoms with E-state index in [2.05, 4.69) is 32.9 Å². The second-order valence-corrected chi connectivity index (χ2v) is 9.75. The van der Waals surface area contributed by atoms with Crippen LogP contribution in [0.25, 0.3) is 0 Å². The standard InChI is InChI=1S/C26H52N2O2.ClH/c1-5-7-8-9-10-11-12-13-14-15-16-17-18-19-20-21-22-28(3,4)24-25(29)23-27-26(30)6-2;/h6,25,29H,2,5,7-24H2,1,3-4H3;1H. The number of unbranched alkanes of at least 4 members (excludes halogenated alkanes) is 15. The number of aliphatic hydroxyl groups is 1. The Balaban J connectivity index is 0. The van der Waals surface area contributed by atoms with Crippen LogP contribution in [0.5, 0.6) is 0 Å². The van der Waals surface area contributed by atoms with E-state index >= 15 is 0 Å². The number of likely N-dealkylation sites (N-methyl/N-ethyl adjacent to an activating group) is 1. The first-order valence-corrected chi connectivity index (χ1v) is 12.8. The lowest BCUT2D eigenvalue weighted by Gasteiger charge is -2.32. The molecule has 0 bridgehead atoms. The van der Waals surface area contributed by atoms with Crippen LogP contribution in [0.3, 0.4) is 0 Å². The normalized spacial score (nSPS) is 12.3. The Morgan fingerprint density at radius 1 is 0.839 bits per heavy atom. The van der Waals surface area contributed by atoms with E-state index in [1.807, 2.05) is 0 Å². The van der Waals surface area contributed by atoms with Gasteiger partial charge >= 0.3 is 0 Å². The summed E-state index contributed by atoms with van der Waals surface area (Å²) in [5.74, 6) is -0.225. The van der Waals surface area contributed by atoms with Gasteiger partial charge in [-0.3, -0.25) is 4.79 Å². The van der Waals surface area contributed by atoms with Crippen LogP contribution in [0.15, 0.2) is 12.7 Å². The van der Waals surface area contributed by atoms with Crippen molar-refractivity contribution in [2.24, 2.45) is 0 Å². The third kappa shape index (κ3) is 23.9. The summed E-state index contributed by atoms with van der Waals surface area (Å²) in [7, 11) is 4.31. The first-order chi connectivity index (χ1) is 14.4. The maximum Gasteiger partial charge on any atom is 0.243 e. The minimum Gasteiger partial charge on any atom is -1.00 e. The minimum absolute atomic E-state index is 0. The van der Waals surface area contributed by atoms with E-state index < -0.39 is 6.10 Å². The number of hydrogen-bond donors (Lipinski definition) is 2. The molecule has 0 saturated heterocycles. The third-order valence-corrected chi connectivity index (χ3v) is 6.02. The Labute approximate surface area is 200 Å². The first kappa shape index (κ1) is 32.6. The van der Waals surface area contributed by atoms with Gasteiger partial charge in [0, 0.05) is 6.54 Å². The van der Waals surface area contributed by atoms with Crippen molar-refractivity contribution in [2.75, 3.05) is 33.7 Å². The zero-order valence-corrected chi connectivity index (χ0v) is 21.7. The van der Waals surface area contributed by atoms with E-state index in [-0.39, 0.29) is 18.3 Å². The van der Waals surface area contributed by atoms with Crippen LogP contribution in [0.2, 0.25) is 0 Å². The molecule has 0 saturated carbocycles. The predicted molar refractivity (Wildman–Crippen MR) is 131 cm³/mol. The molecule has 1 amide bonds. The number of nitrogens with zero attached hydrogens (tertiary/aromatic N) is 1. The topological polar surface area (TPSA) is 49.3 Å². The maximum atomic E-state index is 11.2. The van der Waals surface area contributed by atoms with Gasteiger partial charge in [0.15, 0.2) is 0 Å². The Bertz CT molecular complexity index is 416. The molecule has 1 atom stereocenters. The summed E-state index contributed by atoms with van der Waals surface area (Å²) < 4.78 is 0.795. The average molecular weight is 461 g/mol. The molecule has 0 aliphatic heterocycles. The number of nitrogens with one attached hydrogen (secondary N) is 1. The van der Waals surface area contributed by atoms with Gasteiger partial charge < -0.3 is 27.3 Å². The number of amides is 1. The maximum absolute atomic E-state index is 11.2. The Kier molecular flexibility index (Phi) is 23.8. The highest BCUT2D eigenvalue weighted by atomic mass is 35.5. The lowest BCUT2D eigenvalue weighted by Crippen LogP contribution is -3.00. The van der Waals surface area contributed by atoms with Crippen LogP contribution in [-0.2, 0) is 4.79 Å². The van der Waals surface area contributed by atoms with E-state index in [1.165, 1.54) is 109 Å². The van der Waals surface area contributed by atoms with Gasteiger partial charge in [-0.05, 0) is 18.9 Å². The van der Waals surface area contributed by atoms with Gasteiger partial charge in [0.1, 0.15) is 12.6 Å². The summed E-state index contributed by atoms with van der Waals surface area (Å²) in [6.45, 7) is 7.74. The Morgan fingerprint density at radius 3 is 1.61 bits per heavy atom. The fourth-order valence-electron chi connectivity index (χ4n) is 4.10. The van der Waals surface area contributed by atoms with E-state index in [0.717, 1.165) is 11.0 Å². The summed E-state index contributed by atoms with van der Waals surface area (Å²) in [4.78, 5) is 11.2. The number of carbonyl (C=O) groups is 1. The SMILES string of the molecule is C=CC(=O)NCC(O)C[N+](C)(C)CCCCCCCCCCCCCCCCCC.[Cl-]. The highest BCUT2D eigenvalue weighted by molar-refractivity contribution is 5.86. The number of halogens is 1. The fourth-order valence-corrected chi connectivity index (χ4v) is 4.10. The zero-order chi connectivity index (χ0) is 22.5. The third-order valence-electron chi connectivity index (χ3n) is 6.02. The quantitative estimate of drug-likeness (QED) is 0.148. The molecule has 0 radical (unpaired) electrons. The summed E-state index contributed by atoms with van der Waals surface area (Å²) in [6, 6.07) is 0. The van der Waals surface area contributed by atoms with Gasteiger partial charge in [-0.25, -0.2) is 0 Å². The average Bonchev–Trinajstić information content (AvgIpc) is 2.71. The lowest BCUT2D eigenvalue weighted by molar-refractivity contribution is -0.893. The molecule has 31 heavy (non-hydrogen) atoms. The van der Waals surface area contributed by atoms with Gasteiger partial charge in [-0.2, -0.15) is 0 Å². The number of quaternary nitrogens is 1. The molecule has 5 heteroatoms. The summed E-state index contributed by atoms with van der Waals surface area (Å²) in [5, 5.41) is 12.8. The molecular weight excluding hydrogens is 408 g/mol. The van der Waals surface area contributed by atoms with Crippen molar-refractivity contribution in [3.63, 3.8) is 0 Å². The van der Waals surface area contributed by atoms with Crippen molar-refractivity contribution in [1.82, 2.24) is 5.32 Å². The molecule has 0 aliphatic rings. The molecule has 0 spiro atoms.